The van der Waals surface area contributed by atoms with Crippen LogP contribution in [-0.2, 0) is 11.3 Å². The van der Waals surface area contributed by atoms with Crippen molar-refractivity contribution >= 4 is 12.1 Å². The summed E-state index contributed by atoms with van der Waals surface area (Å²) in [5.74, 6) is 0. The fourth-order valence-corrected chi connectivity index (χ4v) is 1.96. The van der Waals surface area contributed by atoms with Crippen molar-refractivity contribution in [1.82, 2.24) is 15.5 Å². The zero-order chi connectivity index (χ0) is 17.5. The second-order valence-corrected chi connectivity index (χ2v) is 6.57. The SMILES string of the molecule is CC(CN(C)C(=O)NCc1ccccc1)NC(=O)OC(C)(C)C. The average molecular weight is 321 g/mol. The van der Waals surface area contributed by atoms with Gasteiger partial charge in [-0.15, -0.1) is 0 Å². The van der Waals surface area contributed by atoms with E-state index in [0.29, 0.717) is 13.1 Å². The van der Waals surface area contributed by atoms with Crippen molar-refractivity contribution in [3.63, 3.8) is 0 Å². The number of carbonyl (C=O) groups is 2. The molecule has 1 aromatic carbocycles. The largest absolute Gasteiger partial charge is 0.444 e. The molecular weight excluding hydrogens is 294 g/mol. The highest BCUT2D eigenvalue weighted by molar-refractivity contribution is 5.74. The number of carbonyl (C=O) groups excluding carboxylic acids is 2. The Morgan fingerprint density at radius 3 is 2.39 bits per heavy atom. The summed E-state index contributed by atoms with van der Waals surface area (Å²) in [6, 6.07) is 9.29. The van der Waals surface area contributed by atoms with E-state index in [4.69, 9.17) is 4.74 Å². The fraction of sp³-hybridized carbons (Fsp3) is 0.529. The first-order chi connectivity index (χ1) is 10.7. The minimum atomic E-state index is -0.539. The van der Waals surface area contributed by atoms with Gasteiger partial charge >= 0.3 is 12.1 Å². The number of rotatable bonds is 5. The van der Waals surface area contributed by atoms with Crippen molar-refractivity contribution in [3.05, 3.63) is 35.9 Å². The molecule has 6 heteroatoms. The van der Waals surface area contributed by atoms with E-state index < -0.39 is 11.7 Å². The van der Waals surface area contributed by atoms with Crippen molar-refractivity contribution in [1.29, 1.82) is 0 Å². The molecule has 0 aromatic heterocycles. The number of nitrogens with zero attached hydrogens (tertiary/aromatic N) is 1. The molecular formula is C17H27N3O3. The first kappa shape index (κ1) is 18.8. The van der Waals surface area contributed by atoms with E-state index in [-0.39, 0.29) is 12.1 Å². The van der Waals surface area contributed by atoms with E-state index in [9.17, 15) is 9.59 Å². The summed E-state index contributed by atoms with van der Waals surface area (Å²) >= 11 is 0. The van der Waals surface area contributed by atoms with E-state index in [1.54, 1.807) is 27.8 Å². The first-order valence-electron chi connectivity index (χ1n) is 7.70. The monoisotopic (exact) mass is 321 g/mol. The number of hydrogen-bond acceptors (Lipinski definition) is 3. The van der Waals surface area contributed by atoms with Gasteiger partial charge in [0.1, 0.15) is 5.60 Å². The Bertz CT molecular complexity index is 512. The van der Waals surface area contributed by atoms with Crippen LogP contribution in [0.3, 0.4) is 0 Å². The molecule has 1 atom stereocenters. The Hall–Kier alpha value is -2.24. The molecule has 0 saturated heterocycles. The van der Waals surface area contributed by atoms with Crippen LogP contribution in [0.15, 0.2) is 30.3 Å². The smallest absolute Gasteiger partial charge is 0.407 e. The zero-order valence-electron chi connectivity index (χ0n) is 14.6. The Balaban J connectivity index is 2.35. The van der Waals surface area contributed by atoms with Crippen LogP contribution in [-0.4, -0.2) is 42.3 Å². The lowest BCUT2D eigenvalue weighted by Crippen LogP contribution is -2.46. The highest BCUT2D eigenvalue weighted by Gasteiger charge is 2.19. The Labute approximate surface area is 138 Å². The highest BCUT2D eigenvalue weighted by Crippen LogP contribution is 2.06. The number of ether oxygens (including phenoxy) is 1. The third-order valence-electron chi connectivity index (χ3n) is 2.94. The maximum absolute atomic E-state index is 12.0. The van der Waals surface area contributed by atoms with Crippen LogP contribution >= 0.6 is 0 Å². The van der Waals surface area contributed by atoms with Gasteiger partial charge in [-0.25, -0.2) is 9.59 Å². The molecule has 1 rings (SSSR count). The second kappa shape index (κ2) is 8.41. The van der Waals surface area contributed by atoms with Gasteiger partial charge in [-0.05, 0) is 33.3 Å². The van der Waals surface area contributed by atoms with Crippen molar-refractivity contribution < 1.29 is 14.3 Å². The van der Waals surface area contributed by atoms with E-state index in [0.717, 1.165) is 5.56 Å². The Morgan fingerprint density at radius 1 is 1.22 bits per heavy atom. The van der Waals surface area contributed by atoms with Gasteiger partial charge in [0.15, 0.2) is 0 Å². The molecule has 0 bridgehead atoms. The van der Waals surface area contributed by atoms with Crippen LogP contribution in [0.1, 0.15) is 33.3 Å². The molecule has 2 N–H and O–H groups in total. The van der Waals surface area contributed by atoms with Crippen LogP contribution in [0.5, 0.6) is 0 Å². The quantitative estimate of drug-likeness (QED) is 0.876. The van der Waals surface area contributed by atoms with Crippen LogP contribution in [0.4, 0.5) is 9.59 Å². The minimum Gasteiger partial charge on any atom is -0.444 e. The number of likely N-dealkylation sites (N-methyl/N-ethyl adjacent to an activating group) is 1. The molecule has 0 aliphatic rings. The summed E-state index contributed by atoms with van der Waals surface area (Å²) in [7, 11) is 1.69. The number of hydrogen-bond donors (Lipinski definition) is 2. The first-order valence-corrected chi connectivity index (χ1v) is 7.70. The molecule has 0 aliphatic heterocycles. The third-order valence-corrected chi connectivity index (χ3v) is 2.94. The number of nitrogens with one attached hydrogen (secondary N) is 2. The van der Waals surface area contributed by atoms with Crippen molar-refractivity contribution in [2.45, 2.75) is 45.9 Å². The van der Waals surface area contributed by atoms with Crippen molar-refractivity contribution in [2.24, 2.45) is 0 Å². The van der Waals surface area contributed by atoms with Gasteiger partial charge in [0.25, 0.3) is 0 Å². The van der Waals surface area contributed by atoms with E-state index >= 15 is 0 Å². The summed E-state index contributed by atoms with van der Waals surface area (Å²) in [6.07, 6.45) is -0.483. The van der Waals surface area contributed by atoms with Gasteiger partial charge in [0.05, 0.1) is 0 Å². The molecule has 0 heterocycles. The third kappa shape index (κ3) is 8.09. The predicted octanol–water partition coefficient (Wildman–Crippen LogP) is 2.74. The molecule has 3 amide bonds. The van der Waals surface area contributed by atoms with Gasteiger partial charge in [-0.1, -0.05) is 30.3 Å². The molecule has 0 fully saturated rings. The maximum Gasteiger partial charge on any atom is 0.407 e. The van der Waals surface area contributed by atoms with Crippen LogP contribution in [0, 0.1) is 0 Å². The highest BCUT2D eigenvalue weighted by atomic mass is 16.6. The van der Waals surface area contributed by atoms with Gasteiger partial charge in [-0.3, -0.25) is 0 Å². The summed E-state index contributed by atoms with van der Waals surface area (Å²) in [5.41, 5.74) is 0.497. The summed E-state index contributed by atoms with van der Waals surface area (Å²) in [6.45, 7) is 8.10. The fourth-order valence-electron chi connectivity index (χ4n) is 1.96. The number of amides is 3. The molecule has 23 heavy (non-hydrogen) atoms. The van der Waals surface area contributed by atoms with E-state index in [1.807, 2.05) is 37.3 Å². The lowest BCUT2D eigenvalue weighted by atomic mass is 10.2. The van der Waals surface area contributed by atoms with Crippen molar-refractivity contribution in [2.75, 3.05) is 13.6 Å². The molecule has 0 spiro atoms. The van der Waals surface area contributed by atoms with E-state index in [2.05, 4.69) is 10.6 Å². The molecule has 0 aliphatic carbocycles. The van der Waals surface area contributed by atoms with Gasteiger partial charge in [-0.2, -0.15) is 0 Å². The maximum atomic E-state index is 12.0. The summed E-state index contributed by atoms with van der Waals surface area (Å²) in [4.78, 5) is 25.2. The molecule has 0 saturated carbocycles. The topological polar surface area (TPSA) is 70.7 Å². The lowest BCUT2D eigenvalue weighted by Gasteiger charge is -2.25. The van der Waals surface area contributed by atoms with Crippen LogP contribution < -0.4 is 10.6 Å². The number of benzene rings is 1. The summed E-state index contributed by atoms with van der Waals surface area (Å²) < 4.78 is 5.19. The normalized spacial score (nSPS) is 12.2. The van der Waals surface area contributed by atoms with Crippen LogP contribution in [0.25, 0.3) is 0 Å². The molecule has 1 unspecified atom stereocenters. The molecule has 1 aromatic rings. The number of alkyl carbamates (subject to hydrolysis) is 1. The Kier molecular flexibility index (Phi) is 6.88. The lowest BCUT2D eigenvalue weighted by molar-refractivity contribution is 0.0501. The zero-order valence-corrected chi connectivity index (χ0v) is 14.6. The second-order valence-electron chi connectivity index (χ2n) is 6.57. The van der Waals surface area contributed by atoms with Gasteiger partial charge < -0.3 is 20.3 Å². The predicted molar refractivity (Wildman–Crippen MR) is 90.1 cm³/mol. The van der Waals surface area contributed by atoms with E-state index in [1.165, 1.54) is 4.90 Å². The molecule has 6 nitrogen and oxygen atoms in total. The summed E-state index contributed by atoms with van der Waals surface area (Å²) in [5, 5.41) is 5.55. The molecule has 0 radical (unpaired) electrons. The van der Waals surface area contributed by atoms with Crippen LogP contribution in [0.2, 0.25) is 0 Å². The standard InChI is InChI=1S/C17H27N3O3/c1-13(19-16(22)23-17(2,3)4)12-20(5)15(21)18-11-14-9-7-6-8-10-14/h6-10,13H,11-12H2,1-5H3,(H,18,21)(H,19,22). The van der Waals surface area contributed by atoms with Gasteiger partial charge in [0.2, 0.25) is 0 Å². The Morgan fingerprint density at radius 2 is 1.83 bits per heavy atom. The number of urea groups is 1. The van der Waals surface area contributed by atoms with Gasteiger partial charge in [0, 0.05) is 26.2 Å². The molecule has 128 valence electrons. The average Bonchev–Trinajstić information content (AvgIpc) is 2.43. The van der Waals surface area contributed by atoms with Crippen molar-refractivity contribution in [3.8, 4) is 0 Å². The minimum absolute atomic E-state index is 0.188.